The number of rotatable bonds is 1. The zero-order valence-corrected chi connectivity index (χ0v) is 9.48. The van der Waals surface area contributed by atoms with Crippen molar-refractivity contribution in [3.63, 3.8) is 0 Å². The van der Waals surface area contributed by atoms with Gasteiger partial charge < -0.3 is 14.5 Å². The number of benzene rings is 2. The molecule has 0 aliphatic heterocycles. The standard InChI is InChI=1S/C12H8BClO3/c14-8-2-4-11-10(6-8)9-3-1-7(13(15)16)5-12(9)17-11/h1-6,15-16H. The Balaban J connectivity index is 2.36. The highest BCUT2D eigenvalue weighted by molar-refractivity contribution is 6.58. The minimum Gasteiger partial charge on any atom is -0.456 e. The van der Waals surface area contributed by atoms with Crippen molar-refractivity contribution in [2.24, 2.45) is 0 Å². The van der Waals surface area contributed by atoms with Gasteiger partial charge in [-0.1, -0.05) is 23.7 Å². The maximum Gasteiger partial charge on any atom is 0.488 e. The molecular weight excluding hydrogens is 238 g/mol. The number of halogens is 1. The van der Waals surface area contributed by atoms with Crippen LogP contribution in [0.1, 0.15) is 0 Å². The van der Waals surface area contributed by atoms with Crippen LogP contribution in [-0.4, -0.2) is 17.2 Å². The fourth-order valence-corrected chi connectivity index (χ4v) is 2.10. The average Bonchev–Trinajstić information content (AvgIpc) is 2.66. The molecule has 3 aromatic rings. The Morgan fingerprint density at radius 3 is 2.53 bits per heavy atom. The first-order valence-corrected chi connectivity index (χ1v) is 5.51. The van der Waals surface area contributed by atoms with Crippen LogP contribution in [0.4, 0.5) is 0 Å². The molecule has 0 saturated heterocycles. The highest BCUT2D eigenvalue weighted by Crippen LogP contribution is 2.29. The molecule has 1 heterocycles. The summed E-state index contributed by atoms with van der Waals surface area (Å²) >= 11 is 5.94. The number of fused-ring (bicyclic) bond motifs is 3. The van der Waals surface area contributed by atoms with Gasteiger partial charge in [-0.25, -0.2) is 0 Å². The van der Waals surface area contributed by atoms with E-state index in [1.807, 2.05) is 6.07 Å². The second kappa shape index (κ2) is 3.77. The summed E-state index contributed by atoms with van der Waals surface area (Å²) < 4.78 is 5.62. The minimum absolute atomic E-state index is 0.405. The lowest BCUT2D eigenvalue weighted by atomic mass is 9.80. The van der Waals surface area contributed by atoms with Gasteiger partial charge in [-0.3, -0.25) is 0 Å². The number of furan rings is 1. The number of hydrogen-bond donors (Lipinski definition) is 2. The Hall–Kier alpha value is -1.49. The lowest BCUT2D eigenvalue weighted by Gasteiger charge is -1.97. The maximum atomic E-state index is 9.09. The topological polar surface area (TPSA) is 53.6 Å². The van der Waals surface area contributed by atoms with Crippen LogP contribution in [0.15, 0.2) is 40.8 Å². The molecule has 2 aromatic carbocycles. The Bertz CT molecular complexity index is 705. The zero-order valence-electron chi connectivity index (χ0n) is 8.72. The summed E-state index contributed by atoms with van der Waals surface area (Å²) in [5.74, 6) is 0. The van der Waals surface area contributed by atoms with Crippen LogP contribution in [0.5, 0.6) is 0 Å². The van der Waals surface area contributed by atoms with Gasteiger partial charge in [-0.2, -0.15) is 0 Å². The van der Waals surface area contributed by atoms with Gasteiger partial charge in [-0.05, 0) is 29.7 Å². The third kappa shape index (κ3) is 1.71. The Morgan fingerprint density at radius 2 is 1.76 bits per heavy atom. The molecule has 3 rings (SSSR count). The van der Waals surface area contributed by atoms with E-state index in [0.29, 0.717) is 16.1 Å². The molecule has 2 N–H and O–H groups in total. The third-order valence-corrected chi connectivity index (χ3v) is 2.99. The van der Waals surface area contributed by atoms with Gasteiger partial charge in [0.15, 0.2) is 0 Å². The van der Waals surface area contributed by atoms with Gasteiger partial charge in [0, 0.05) is 15.8 Å². The first-order valence-electron chi connectivity index (χ1n) is 5.13. The lowest BCUT2D eigenvalue weighted by Crippen LogP contribution is -2.29. The first-order chi connectivity index (χ1) is 8.15. The van der Waals surface area contributed by atoms with Gasteiger partial charge >= 0.3 is 7.12 Å². The highest BCUT2D eigenvalue weighted by atomic mass is 35.5. The van der Waals surface area contributed by atoms with Crippen LogP contribution < -0.4 is 5.46 Å². The average molecular weight is 246 g/mol. The quantitative estimate of drug-likeness (QED) is 0.645. The minimum atomic E-state index is -1.49. The summed E-state index contributed by atoms with van der Waals surface area (Å²) in [7, 11) is -1.49. The smallest absolute Gasteiger partial charge is 0.456 e. The molecule has 0 unspecified atom stereocenters. The molecule has 1 aromatic heterocycles. The molecule has 0 amide bonds. The van der Waals surface area contributed by atoms with E-state index in [2.05, 4.69) is 0 Å². The van der Waals surface area contributed by atoms with E-state index in [1.165, 1.54) is 0 Å². The largest absolute Gasteiger partial charge is 0.488 e. The van der Waals surface area contributed by atoms with Crippen molar-refractivity contribution in [3.05, 3.63) is 41.4 Å². The Labute approximate surface area is 102 Å². The van der Waals surface area contributed by atoms with E-state index in [1.54, 1.807) is 30.3 Å². The van der Waals surface area contributed by atoms with Crippen molar-refractivity contribution in [3.8, 4) is 0 Å². The fraction of sp³-hybridized carbons (Fsp3) is 0. The van der Waals surface area contributed by atoms with E-state index in [-0.39, 0.29) is 0 Å². The first kappa shape index (κ1) is 10.7. The van der Waals surface area contributed by atoms with Crippen molar-refractivity contribution in [2.75, 3.05) is 0 Å². The van der Waals surface area contributed by atoms with Gasteiger partial charge in [0.25, 0.3) is 0 Å². The molecule has 0 aliphatic carbocycles. The van der Waals surface area contributed by atoms with Gasteiger partial charge in [0.05, 0.1) is 0 Å². The molecule has 0 fully saturated rings. The lowest BCUT2D eigenvalue weighted by molar-refractivity contribution is 0.425. The molecule has 0 radical (unpaired) electrons. The van der Waals surface area contributed by atoms with Gasteiger partial charge in [0.1, 0.15) is 11.2 Å². The van der Waals surface area contributed by atoms with Crippen molar-refractivity contribution in [2.45, 2.75) is 0 Å². The van der Waals surface area contributed by atoms with Gasteiger partial charge in [0.2, 0.25) is 0 Å². The molecule has 0 saturated carbocycles. The second-order valence-corrected chi connectivity index (χ2v) is 4.31. The summed E-state index contributed by atoms with van der Waals surface area (Å²) in [5.41, 5.74) is 1.75. The van der Waals surface area contributed by atoms with E-state index in [4.69, 9.17) is 26.1 Å². The van der Waals surface area contributed by atoms with Crippen LogP contribution in [0.2, 0.25) is 5.02 Å². The molecule has 5 heteroatoms. The molecule has 0 spiro atoms. The van der Waals surface area contributed by atoms with Crippen molar-refractivity contribution >= 4 is 46.1 Å². The Kier molecular flexibility index (Phi) is 2.36. The SMILES string of the molecule is OB(O)c1ccc2c(c1)oc1ccc(Cl)cc12. The number of hydrogen-bond acceptors (Lipinski definition) is 3. The monoisotopic (exact) mass is 246 g/mol. The maximum absolute atomic E-state index is 9.09. The molecular formula is C12H8BClO3. The zero-order chi connectivity index (χ0) is 12.0. The van der Waals surface area contributed by atoms with Crippen LogP contribution in [-0.2, 0) is 0 Å². The van der Waals surface area contributed by atoms with E-state index < -0.39 is 7.12 Å². The van der Waals surface area contributed by atoms with Crippen LogP contribution >= 0.6 is 11.6 Å². The summed E-state index contributed by atoms with van der Waals surface area (Å²) in [6.45, 7) is 0. The van der Waals surface area contributed by atoms with E-state index in [0.717, 1.165) is 16.4 Å². The van der Waals surface area contributed by atoms with Crippen LogP contribution in [0.3, 0.4) is 0 Å². The molecule has 0 aliphatic rings. The van der Waals surface area contributed by atoms with Crippen molar-refractivity contribution in [1.29, 1.82) is 0 Å². The van der Waals surface area contributed by atoms with Crippen LogP contribution in [0, 0.1) is 0 Å². The Morgan fingerprint density at radius 1 is 0.941 bits per heavy atom. The highest BCUT2D eigenvalue weighted by Gasteiger charge is 2.14. The summed E-state index contributed by atoms with van der Waals surface area (Å²) in [6.07, 6.45) is 0. The van der Waals surface area contributed by atoms with Crippen LogP contribution in [0.25, 0.3) is 21.9 Å². The normalized spacial score (nSPS) is 11.2. The van der Waals surface area contributed by atoms with E-state index >= 15 is 0 Å². The predicted molar refractivity (Wildman–Crippen MR) is 68.6 cm³/mol. The second-order valence-electron chi connectivity index (χ2n) is 3.87. The molecule has 0 atom stereocenters. The summed E-state index contributed by atoms with van der Waals surface area (Å²) in [4.78, 5) is 0. The summed E-state index contributed by atoms with van der Waals surface area (Å²) in [6, 6.07) is 10.5. The fourth-order valence-electron chi connectivity index (χ4n) is 1.93. The van der Waals surface area contributed by atoms with Gasteiger partial charge in [-0.15, -0.1) is 0 Å². The summed E-state index contributed by atoms with van der Waals surface area (Å²) in [5, 5.41) is 20.7. The molecule has 17 heavy (non-hydrogen) atoms. The molecule has 0 bridgehead atoms. The predicted octanol–water partition coefficient (Wildman–Crippen LogP) is 1.92. The van der Waals surface area contributed by atoms with E-state index in [9.17, 15) is 0 Å². The van der Waals surface area contributed by atoms with Crippen molar-refractivity contribution < 1.29 is 14.5 Å². The molecule has 84 valence electrons. The third-order valence-electron chi connectivity index (χ3n) is 2.76. The van der Waals surface area contributed by atoms with Crippen molar-refractivity contribution in [1.82, 2.24) is 0 Å². The molecule has 3 nitrogen and oxygen atoms in total.